The van der Waals surface area contributed by atoms with Gasteiger partial charge in [0, 0.05) is 11.1 Å². The predicted octanol–water partition coefficient (Wildman–Crippen LogP) is 4.07. The molecule has 29 heavy (non-hydrogen) atoms. The Hall–Kier alpha value is -2.23. The summed E-state index contributed by atoms with van der Waals surface area (Å²) in [5, 5.41) is 8.61. The quantitative estimate of drug-likeness (QED) is 0.635. The lowest BCUT2D eigenvalue weighted by Gasteiger charge is -2.22. The number of nitrogens with zero attached hydrogens (tertiary/aromatic N) is 2. The van der Waals surface area contributed by atoms with Crippen molar-refractivity contribution in [2.75, 3.05) is 12.4 Å². The van der Waals surface area contributed by atoms with Crippen molar-refractivity contribution in [3.8, 4) is 0 Å². The fourth-order valence-electron chi connectivity index (χ4n) is 3.78. The number of carbonyl (C=O) groups excluding carboxylic acids is 1. The van der Waals surface area contributed by atoms with Gasteiger partial charge in [-0.3, -0.25) is 9.48 Å². The van der Waals surface area contributed by atoms with E-state index in [0.717, 1.165) is 28.8 Å². The molecule has 0 radical (unpaired) electrons. The van der Waals surface area contributed by atoms with Crippen LogP contribution < -0.4 is 10.0 Å². The van der Waals surface area contributed by atoms with E-state index in [1.807, 2.05) is 13.0 Å². The fourth-order valence-corrected chi connectivity index (χ4v) is 5.64. The molecule has 0 unspecified atom stereocenters. The van der Waals surface area contributed by atoms with Gasteiger partial charge in [-0.05, 0) is 57.1 Å². The van der Waals surface area contributed by atoms with E-state index in [4.69, 9.17) is 5.10 Å². The van der Waals surface area contributed by atoms with Crippen LogP contribution in [0.4, 0.5) is 5.69 Å². The van der Waals surface area contributed by atoms with Gasteiger partial charge in [0.05, 0.1) is 21.5 Å². The summed E-state index contributed by atoms with van der Waals surface area (Å²) in [6.45, 7) is 1.98. The minimum atomic E-state index is -3.50. The summed E-state index contributed by atoms with van der Waals surface area (Å²) >= 11 is 1.46. The zero-order chi connectivity index (χ0) is 20.6. The number of aryl methyl sites for hydroxylation is 1. The van der Waals surface area contributed by atoms with Crippen molar-refractivity contribution in [3.05, 3.63) is 40.9 Å². The number of fused-ring (bicyclic) bond motifs is 1. The topological polar surface area (TPSA) is 93.1 Å². The van der Waals surface area contributed by atoms with Crippen LogP contribution in [0.15, 0.2) is 35.2 Å². The number of thiophene rings is 1. The SMILES string of the molecule is CNS(=O)(=O)c1ccc(NC(=O)c2cc3c(C)nn(C4CCCCC4)c3s2)cc1. The van der Waals surface area contributed by atoms with Crippen LogP contribution in [0, 0.1) is 6.92 Å². The molecular weight excluding hydrogens is 408 g/mol. The zero-order valence-electron chi connectivity index (χ0n) is 16.4. The van der Waals surface area contributed by atoms with Crippen LogP contribution in [0.25, 0.3) is 10.2 Å². The average molecular weight is 433 g/mol. The van der Waals surface area contributed by atoms with Gasteiger partial charge >= 0.3 is 0 Å². The highest BCUT2D eigenvalue weighted by molar-refractivity contribution is 7.89. The van der Waals surface area contributed by atoms with Crippen LogP contribution in [-0.4, -0.2) is 31.2 Å². The summed E-state index contributed by atoms with van der Waals surface area (Å²) in [5.41, 5.74) is 1.50. The second-order valence-electron chi connectivity index (χ2n) is 7.34. The molecule has 7 nitrogen and oxygen atoms in total. The summed E-state index contributed by atoms with van der Waals surface area (Å²) in [6, 6.07) is 8.43. The highest BCUT2D eigenvalue weighted by Gasteiger charge is 2.22. The second-order valence-corrected chi connectivity index (χ2v) is 10.3. The molecule has 0 bridgehead atoms. The van der Waals surface area contributed by atoms with Gasteiger partial charge in [-0.2, -0.15) is 5.10 Å². The Morgan fingerprint density at radius 3 is 2.52 bits per heavy atom. The van der Waals surface area contributed by atoms with Crippen molar-refractivity contribution in [2.24, 2.45) is 0 Å². The summed E-state index contributed by atoms with van der Waals surface area (Å²) in [7, 11) is -2.13. The van der Waals surface area contributed by atoms with Crippen molar-refractivity contribution < 1.29 is 13.2 Å². The van der Waals surface area contributed by atoms with Gasteiger partial charge in [0.15, 0.2) is 0 Å². The predicted molar refractivity (Wildman–Crippen MR) is 115 cm³/mol. The number of hydrogen-bond donors (Lipinski definition) is 2. The van der Waals surface area contributed by atoms with Gasteiger partial charge in [0.2, 0.25) is 10.0 Å². The van der Waals surface area contributed by atoms with Crippen LogP contribution >= 0.6 is 11.3 Å². The Morgan fingerprint density at radius 1 is 1.17 bits per heavy atom. The zero-order valence-corrected chi connectivity index (χ0v) is 18.1. The Balaban J connectivity index is 1.56. The van der Waals surface area contributed by atoms with Crippen LogP contribution in [0.1, 0.15) is 53.5 Å². The standard InChI is InChI=1S/C20H24N4O3S2/c1-13-17-12-18(28-20(17)24(23-13)15-6-4-3-5-7-15)19(25)22-14-8-10-16(11-9-14)29(26,27)21-2/h8-12,15,21H,3-7H2,1-2H3,(H,22,25). The third-order valence-corrected chi connectivity index (χ3v) is 7.96. The first kappa shape index (κ1) is 20.1. The molecule has 154 valence electrons. The van der Waals surface area contributed by atoms with Crippen molar-refractivity contribution in [1.29, 1.82) is 0 Å². The number of aromatic nitrogens is 2. The Kier molecular flexibility index (Phi) is 5.46. The number of carbonyl (C=O) groups is 1. The van der Waals surface area contributed by atoms with Gasteiger partial charge < -0.3 is 5.32 Å². The first-order valence-corrected chi connectivity index (χ1v) is 12.0. The molecule has 0 aliphatic heterocycles. The molecule has 1 aromatic carbocycles. The van der Waals surface area contributed by atoms with Crippen LogP contribution in [-0.2, 0) is 10.0 Å². The number of anilines is 1. The van der Waals surface area contributed by atoms with E-state index in [2.05, 4.69) is 14.7 Å². The van der Waals surface area contributed by atoms with E-state index >= 15 is 0 Å². The summed E-state index contributed by atoms with van der Waals surface area (Å²) in [5.74, 6) is -0.204. The molecule has 4 rings (SSSR count). The van der Waals surface area contributed by atoms with Crippen LogP contribution in [0.2, 0.25) is 0 Å². The van der Waals surface area contributed by atoms with E-state index in [9.17, 15) is 13.2 Å². The maximum atomic E-state index is 12.8. The molecule has 0 spiro atoms. The van der Waals surface area contributed by atoms with Crippen LogP contribution in [0.3, 0.4) is 0 Å². The number of sulfonamides is 1. The van der Waals surface area contributed by atoms with E-state index in [0.29, 0.717) is 16.6 Å². The first-order chi connectivity index (χ1) is 13.9. The fraction of sp³-hybridized carbons (Fsp3) is 0.400. The minimum absolute atomic E-state index is 0.156. The molecule has 0 saturated heterocycles. The molecule has 2 heterocycles. The van der Waals surface area contributed by atoms with Crippen molar-refractivity contribution in [2.45, 2.75) is 50.0 Å². The first-order valence-electron chi connectivity index (χ1n) is 9.72. The smallest absolute Gasteiger partial charge is 0.265 e. The lowest BCUT2D eigenvalue weighted by atomic mass is 9.96. The van der Waals surface area contributed by atoms with E-state index in [1.165, 1.54) is 49.8 Å². The normalized spacial score (nSPS) is 15.7. The molecule has 1 saturated carbocycles. The molecule has 9 heteroatoms. The third kappa shape index (κ3) is 3.94. The van der Waals surface area contributed by atoms with Crippen molar-refractivity contribution in [3.63, 3.8) is 0 Å². The summed E-state index contributed by atoms with van der Waals surface area (Å²) in [6.07, 6.45) is 6.01. The largest absolute Gasteiger partial charge is 0.321 e. The Labute approximate surface area is 174 Å². The van der Waals surface area contributed by atoms with Crippen molar-refractivity contribution >= 4 is 43.2 Å². The van der Waals surface area contributed by atoms with Gasteiger partial charge in [-0.1, -0.05) is 19.3 Å². The van der Waals surface area contributed by atoms with E-state index < -0.39 is 10.0 Å². The summed E-state index contributed by atoms with van der Waals surface area (Å²) in [4.78, 5) is 14.6. The number of nitrogens with one attached hydrogen (secondary N) is 2. The Morgan fingerprint density at radius 2 is 1.86 bits per heavy atom. The van der Waals surface area contributed by atoms with Gasteiger partial charge in [-0.15, -0.1) is 11.3 Å². The lowest BCUT2D eigenvalue weighted by molar-refractivity contribution is 0.103. The average Bonchev–Trinajstić information content (AvgIpc) is 3.30. The number of rotatable bonds is 5. The molecule has 1 aliphatic rings. The van der Waals surface area contributed by atoms with Gasteiger partial charge in [0.1, 0.15) is 4.83 Å². The van der Waals surface area contributed by atoms with E-state index in [-0.39, 0.29) is 10.8 Å². The van der Waals surface area contributed by atoms with Gasteiger partial charge in [-0.25, -0.2) is 13.1 Å². The van der Waals surface area contributed by atoms with E-state index in [1.54, 1.807) is 12.1 Å². The number of benzene rings is 1. The number of amides is 1. The minimum Gasteiger partial charge on any atom is -0.321 e. The lowest BCUT2D eigenvalue weighted by Crippen LogP contribution is -2.18. The molecule has 2 N–H and O–H groups in total. The maximum absolute atomic E-state index is 12.8. The molecule has 1 aliphatic carbocycles. The van der Waals surface area contributed by atoms with Gasteiger partial charge in [0.25, 0.3) is 5.91 Å². The molecule has 0 atom stereocenters. The molecule has 1 amide bonds. The molecule has 1 fully saturated rings. The van der Waals surface area contributed by atoms with Crippen LogP contribution in [0.5, 0.6) is 0 Å². The molecule has 2 aromatic heterocycles. The summed E-state index contributed by atoms with van der Waals surface area (Å²) < 4.78 is 28.0. The highest BCUT2D eigenvalue weighted by atomic mass is 32.2. The highest BCUT2D eigenvalue weighted by Crippen LogP contribution is 2.35. The number of hydrogen-bond acceptors (Lipinski definition) is 5. The maximum Gasteiger partial charge on any atom is 0.265 e. The third-order valence-electron chi connectivity index (χ3n) is 5.40. The molecule has 3 aromatic rings. The second kappa shape index (κ2) is 7.89. The molecular formula is C20H24N4O3S2. The monoisotopic (exact) mass is 432 g/mol. The Bertz CT molecular complexity index is 1140. The van der Waals surface area contributed by atoms with Crippen molar-refractivity contribution in [1.82, 2.24) is 14.5 Å².